The molecule has 0 atom stereocenters. The van der Waals surface area contributed by atoms with E-state index in [1.165, 1.54) is 0 Å². The van der Waals surface area contributed by atoms with Gasteiger partial charge in [0.2, 0.25) is 0 Å². The van der Waals surface area contributed by atoms with Gasteiger partial charge in [0.05, 0.1) is 6.20 Å². The second kappa shape index (κ2) is 5.88. The third-order valence-electron chi connectivity index (χ3n) is 3.50. The average Bonchev–Trinajstić information content (AvgIpc) is 3.05. The summed E-state index contributed by atoms with van der Waals surface area (Å²) >= 11 is 0. The minimum absolute atomic E-state index is 0.232. The molecule has 7 heteroatoms. The van der Waals surface area contributed by atoms with Crippen LogP contribution in [0.3, 0.4) is 0 Å². The van der Waals surface area contributed by atoms with Crippen molar-refractivity contribution in [3.8, 4) is 22.9 Å². The third kappa shape index (κ3) is 2.58. The van der Waals surface area contributed by atoms with E-state index in [0.717, 1.165) is 22.8 Å². The Morgan fingerprint density at radius 3 is 2.62 bits per heavy atom. The Kier molecular flexibility index (Phi) is 3.43. The molecule has 4 heterocycles. The molecule has 7 nitrogen and oxygen atoms in total. The fourth-order valence-electron chi connectivity index (χ4n) is 2.31. The van der Waals surface area contributed by atoms with Crippen LogP contribution in [0.1, 0.15) is 10.4 Å². The topological polar surface area (TPSA) is 93.7 Å². The number of aldehydes is 1. The van der Waals surface area contributed by atoms with Crippen LogP contribution >= 0.6 is 0 Å². The van der Waals surface area contributed by atoms with E-state index in [1.807, 2.05) is 6.07 Å². The van der Waals surface area contributed by atoms with Crippen molar-refractivity contribution in [2.45, 2.75) is 0 Å². The first-order valence-corrected chi connectivity index (χ1v) is 7.16. The summed E-state index contributed by atoms with van der Waals surface area (Å²) in [5.41, 5.74) is 2.83. The minimum atomic E-state index is 0.232. The Morgan fingerprint density at radius 2 is 1.88 bits per heavy atom. The zero-order valence-electron chi connectivity index (χ0n) is 12.4. The van der Waals surface area contributed by atoms with Crippen LogP contribution in [-0.2, 0) is 0 Å². The maximum Gasteiger partial charge on any atom is 0.321 e. The summed E-state index contributed by atoms with van der Waals surface area (Å²) in [6.07, 6.45) is 10.7. The van der Waals surface area contributed by atoms with Gasteiger partial charge in [-0.05, 0) is 18.2 Å². The number of aromatic amines is 1. The van der Waals surface area contributed by atoms with Crippen molar-refractivity contribution in [1.29, 1.82) is 0 Å². The number of pyridine rings is 2. The monoisotopic (exact) mass is 317 g/mol. The first-order valence-electron chi connectivity index (χ1n) is 7.16. The third-order valence-corrected chi connectivity index (χ3v) is 3.50. The van der Waals surface area contributed by atoms with Gasteiger partial charge < -0.3 is 9.72 Å². The van der Waals surface area contributed by atoms with Gasteiger partial charge in [0.25, 0.3) is 0 Å². The average molecular weight is 317 g/mol. The highest BCUT2D eigenvalue weighted by Crippen LogP contribution is 2.24. The molecule has 0 radical (unpaired) electrons. The molecule has 0 spiro atoms. The Labute approximate surface area is 136 Å². The van der Waals surface area contributed by atoms with Gasteiger partial charge in [-0.15, -0.1) is 0 Å². The van der Waals surface area contributed by atoms with Crippen LogP contribution in [0, 0.1) is 0 Å². The number of carbonyl (C=O) groups is 1. The van der Waals surface area contributed by atoms with Gasteiger partial charge in [-0.2, -0.15) is 0 Å². The Hall–Kier alpha value is -3.61. The maximum atomic E-state index is 11.1. The van der Waals surface area contributed by atoms with E-state index in [2.05, 4.69) is 24.9 Å². The van der Waals surface area contributed by atoms with Crippen LogP contribution in [0.5, 0.6) is 11.8 Å². The number of hydrogen-bond acceptors (Lipinski definition) is 6. The molecule has 0 aliphatic heterocycles. The van der Waals surface area contributed by atoms with Crippen LogP contribution in [0.25, 0.3) is 22.2 Å². The highest BCUT2D eigenvalue weighted by Gasteiger charge is 2.08. The van der Waals surface area contributed by atoms with E-state index in [4.69, 9.17) is 4.74 Å². The van der Waals surface area contributed by atoms with Gasteiger partial charge in [0.15, 0.2) is 6.29 Å². The summed E-state index contributed by atoms with van der Waals surface area (Å²) in [6, 6.07) is 5.65. The molecule has 24 heavy (non-hydrogen) atoms. The fourth-order valence-corrected chi connectivity index (χ4v) is 2.31. The molecular formula is C17H11N5O2. The number of carbonyl (C=O) groups excluding carboxylic acids is 1. The summed E-state index contributed by atoms with van der Waals surface area (Å²) in [5, 5.41) is 0.762. The van der Waals surface area contributed by atoms with Crippen molar-refractivity contribution in [3.05, 3.63) is 60.9 Å². The molecule has 0 bridgehead atoms. The van der Waals surface area contributed by atoms with E-state index in [1.54, 1.807) is 49.3 Å². The summed E-state index contributed by atoms with van der Waals surface area (Å²) in [5.74, 6) is 0.566. The quantitative estimate of drug-likeness (QED) is 0.581. The van der Waals surface area contributed by atoms with E-state index in [-0.39, 0.29) is 6.01 Å². The normalized spacial score (nSPS) is 10.7. The second-order valence-corrected chi connectivity index (χ2v) is 5.03. The molecule has 0 aliphatic carbocycles. The number of hydrogen-bond donors (Lipinski definition) is 1. The maximum absolute atomic E-state index is 11.1. The molecular weight excluding hydrogens is 306 g/mol. The second-order valence-electron chi connectivity index (χ2n) is 5.03. The Balaban J connectivity index is 1.64. The van der Waals surface area contributed by atoms with Crippen molar-refractivity contribution in [2.75, 3.05) is 0 Å². The number of aromatic nitrogens is 5. The largest absolute Gasteiger partial charge is 0.423 e. The number of fused-ring (bicyclic) bond motifs is 1. The van der Waals surface area contributed by atoms with E-state index < -0.39 is 0 Å². The lowest BCUT2D eigenvalue weighted by atomic mass is 10.1. The van der Waals surface area contributed by atoms with E-state index >= 15 is 0 Å². The lowest BCUT2D eigenvalue weighted by molar-refractivity contribution is 0.112. The highest BCUT2D eigenvalue weighted by molar-refractivity contribution is 5.97. The molecule has 4 rings (SSSR count). The van der Waals surface area contributed by atoms with Gasteiger partial charge in [-0.25, -0.2) is 15.0 Å². The number of H-pyrrole nitrogens is 1. The van der Waals surface area contributed by atoms with Crippen LogP contribution in [-0.4, -0.2) is 31.2 Å². The molecule has 0 unspecified atom stereocenters. The standard InChI is InChI=1S/C17H11N5O2/c23-10-13-8-20-16-15(13)4-11(5-19-16)12-6-21-17(22-7-12)24-14-2-1-3-18-9-14/h1-10H,(H,19,20). The van der Waals surface area contributed by atoms with Crippen molar-refractivity contribution in [2.24, 2.45) is 0 Å². The van der Waals surface area contributed by atoms with Gasteiger partial charge in [0.1, 0.15) is 11.4 Å². The summed E-state index contributed by atoms with van der Waals surface area (Å²) in [7, 11) is 0. The zero-order valence-corrected chi connectivity index (χ0v) is 12.4. The lowest BCUT2D eigenvalue weighted by Crippen LogP contribution is -1.92. The van der Waals surface area contributed by atoms with Crippen LogP contribution in [0.15, 0.2) is 55.4 Å². The molecule has 1 N–H and O–H groups in total. The van der Waals surface area contributed by atoms with Gasteiger partial charge in [0, 0.05) is 53.1 Å². The van der Waals surface area contributed by atoms with E-state index in [9.17, 15) is 4.79 Å². The summed E-state index contributed by atoms with van der Waals surface area (Å²) in [4.78, 5) is 30.7. The van der Waals surface area contributed by atoms with Crippen LogP contribution in [0.4, 0.5) is 0 Å². The molecule has 0 saturated carbocycles. The number of nitrogens with one attached hydrogen (secondary N) is 1. The molecule has 0 saturated heterocycles. The minimum Gasteiger partial charge on any atom is -0.423 e. The first kappa shape index (κ1) is 14.0. The van der Waals surface area contributed by atoms with Crippen LogP contribution in [0.2, 0.25) is 0 Å². The smallest absolute Gasteiger partial charge is 0.321 e. The van der Waals surface area contributed by atoms with Crippen molar-refractivity contribution in [3.63, 3.8) is 0 Å². The Bertz CT molecular complexity index is 997. The predicted molar refractivity (Wildman–Crippen MR) is 86.8 cm³/mol. The molecule has 0 amide bonds. The molecule has 4 aromatic heterocycles. The van der Waals surface area contributed by atoms with Crippen molar-refractivity contribution >= 4 is 17.3 Å². The number of ether oxygens (including phenoxy) is 1. The van der Waals surface area contributed by atoms with Crippen molar-refractivity contribution in [1.82, 2.24) is 24.9 Å². The molecule has 116 valence electrons. The molecule has 0 aromatic carbocycles. The first-order chi connectivity index (χ1) is 11.8. The van der Waals surface area contributed by atoms with Crippen molar-refractivity contribution < 1.29 is 9.53 Å². The number of nitrogens with zero attached hydrogens (tertiary/aromatic N) is 4. The molecule has 4 aromatic rings. The lowest BCUT2D eigenvalue weighted by Gasteiger charge is -2.04. The SMILES string of the molecule is O=Cc1c[nH]c2ncc(-c3cnc(Oc4cccnc4)nc3)cc12. The van der Waals surface area contributed by atoms with Gasteiger partial charge >= 0.3 is 6.01 Å². The highest BCUT2D eigenvalue weighted by atomic mass is 16.5. The van der Waals surface area contributed by atoms with E-state index in [0.29, 0.717) is 17.0 Å². The van der Waals surface area contributed by atoms with Gasteiger partial charge in [-0.3, -0.25) is 9.78 Å². The predicted octanol–water partition coefficient (Wildman–Crippen LogP) is 3.02. The molecule has 0 fully saturated rings. The summed E-state index contributed by atoms with van der Waals surface area (Å²) < 4.78 is 5.51. The fraction of sp³-hybridized carbons (Fsp3) is 0. The van der Waals surface area contributed by atoms with Gasteiger partial charge in [-0.1, -0.05) is 0 Å². The molecule has 0 aliphatic rings. The summed E-state index contributed by atoms with van der Waals surface area (Å²) in [6.45, 7) is 0. The zero-order chi connectivity index (χ0) is 16.4. The number of rotatable bonds is 4. The van der Waals surface area contributed by atoms with Crippen LogP contribution < -0.4 is 4.74 Å². The Morgan fingerprint density at radius 1 is 1.04 bits per heavy atom.